The van der Waals surface area contributed by atoms with Crippen molar-refractivity contribution in [1.82, 2.24) is 14.5 Å². The largest absolute Gasteiger partial charge is 0.506 e. The highest BCUT2D eigenvalue weighted by molar-refractivity contribution is 6.09. The monoisotopic (exact) mass is 462 g/mol. The number of aromatic hydroxyl groups is 1. The first-order chi connectivity index (χ1) is 18.2. The molecule has 6 aromatic rings. The molecule has 5 heteroatoms. The van der Waals surface area contributed by atoms with Crippen LogP contribution in [0.25, 0.3) is 38.5 Å². The molecule has 3 heterocycles. The zero-order valence-electron chi connectivity index (χ0n) is 22.4. The topological polar surface area (TPSA) is 60.2 Å². The number of ether oxygens (including phenoxy) is 1. The summed E-state index contributed by atoms with van der Waals surface area (Å²) >= 11 is 0. The van der Waals surface area contributed by atoms with E-state index in [1.54, 1.807) is 12.1 Å². The van der Waals surface area contributed by atoms with E-state index < -0.39 is 6.85 Å². The van der Waals surface area contributed by atoms with Crippen LogP contribution in [0.1, 0.15) is 27.9 Å². The summed E-state index contributed by atoms with van der Waals surface area (Å²) in [6.45, 7) is 1.75. The Morgan fingerprint density at radius 2 is 1.71 bits per heavy atom. The van der Waals surface area contributed by atoms with Gasteiger partial charge in [0.05, 0.1) is 11.0 Å². The zero-order chi connectivity index (χ0) is 26.6. The second-order valence-electron chi connectivity index (χ2n) is 8.66. The minimum Gasteiger partial charge on any atom is -0.506 e. The molecule has 5 nitrogen and oxygen atoms in total. The van der Waals surface area contributed by atoms with Crippen molar-refractivity contribution < 1.29 is 14.0 Å². The Labute approximate surface area is 207 Å². The van der Waals surface area contributed by atoms with Gasteiger partial charge >= 0.3 is 0 Å². The minimum absolute atomic E-state index is 0.0691. The molecule has 172 valence electrons. The molecule has 0 radical (unpaired) electrons. The molecule has 6 rings (SSSR count). The summed E-state index contributed by atoms with van der Waals surface area (Å²) < 4.78 is 32.3. The summed E-state index contributed by atoms with van der Waals surface area (Å²) in [5, 5.41) is 12.9. The van der Waals surface area contributed by atoms with Crippen LogP contribution >= 0.6 is 0 Å². The third-order valence-electron chi connectivity index (χ3n) is 6.26. The number of aromatic nitrogens is 3. The zero-order valence-corrected chi connectivity index (χ0v) is 19.4. The lowest BCUT2D eigenvalue weighted by atomic mass is 10.1. The van der Waals surface area contributed by atoms with Crippen LogP contribution in [0.5, 0.6) is 17.4 Å². The molecule has 0 spiro atoms. The predicted octanol–water partition coefficient (Wildman–Crippen LogP) is 7.40. The fraction of sp³-hybridized carbons (Fsp3) is 0.133. The van der Waals surface area contributed by atoms with Crippen LogP contribution in [-0.2, 0) is 6.42 Å². The summed E-state index contributed by atoms with van der Waals surface area (Å²) in [5.41, 5.74) is 4.32. The predicted molar refractivity (Wildman–Crippen MR) is 141 cm³/mol. The lowest BCUT2D eigenvalue weighted by Crippen LogP contribution is -2.01. The van der Waals surface area contributed by atoms with E-state index in [1.807, 2.05) is 30.3 Å². The highest BCUT2D eigenvalue weighted by Gasteiger charge is 2.15. The number of phenols is 1. The van der Waals surface area contributed by atoms with Gasteiger partial charge in [0.25, 0.3) is 0 Å². The Balaban J connectivity index is 1.54. The van der Waals surface area contributed by atoms with Gasteiger partial charge in [-0.1, -0.05) is 37.3 Å². The fourth-order valence-corrected chi connectivity index (χ4v) is 4.66. The number of hydrogen-bond acceptors (Lipinski definition) is 4. The molecule has 35 heavy (non-hydrogen) atoms. The van der Waals surface area contributed by atoms with Crippen molar-refractivity contribution in [3.8, 4) is 23.2 Å². The molecule has 0 aliphatic rings. The van der Waals surface area contributed by atoms with Gasteiger partial charge < -0.3 is 9.84 Å². The van der Waals surface area contributed by atoms with Gasteiger partial charge in [-0.25, -0.2) is 9.97 Å². The Morgan fingerprint density at radius 3 is 2.57 bits per heavy atom. The number of pyridine rings is 2. The van der Waals surface area contributed by atoms with E-state index in [0.717, 1.165) is 45.3 Å². The number of phenolic OH excluding ortho intramolecular Hbond substituents is 1. The molecule has 0 aliphatic carbocycles. The molecule has 0 aliphatic heterocycles. The standard InChI is InChI=1S/C30H25N3O2/c1-4-20-14-18(2)15-28(31-20)33-25-10-6-5-8-23(25)24-13-12-21(17-26(24)33)35-29-16-19(3)22-9-7-11-27(34)30(22)32-29/h5-17,34H,4H2,1-3H3/i3D3. The second-order valence-corrected chi connectivity index (χ2v) is 8.66. The third-order valence-corrected chi connectivity index (χ3v) is 6.26. The molecule has 1 N–H and O–H groups in total. The van der Waals surface area contributed by atoms with Crippen molar-refractivity contribution in [1.29, 1.82) is 0 Å². The third kappa shape index (κ3) is 3.56. The first kappa shape index (κ1) is 18.0. The Morgan fingerprint density at radius 1 is 0.886 bits per heavy atom. The Kier molecular flexibility index (Phi) is 4.19. The first-order valence-electron chi connectivity index (χ1n) is 13.0. The summed E-state index contributed by atoms with van der Waals surface area (Å²) in [6.07, 6.45) is 0.826. The van der Waals surface area contributed by atoms with Gasteiger partial charge in [0, 0.05) is 38.1 Å². The molecule has 0 atom stereocenters. The van der Waals surface area contributed by atoms with Crippen LogP contribution in [0, 0.1) is 13.8 Å². The molecule has 0 saturated carbocycles. The number of aryl methyl sites for hydroxylation is 3. The number of rotatable bonds is 4. The van der Waals surface area contributed by atoms with Crippen LogP contribution in [0.3, 0.4) is 0 Å². The molecule has 3 aromatic heterocycles. The SMILES string of the molecule is [2H]C([2H])([2H])c1cc(Oc2ccc3c4ccccc4n(-c4cc(C)cc(CC)n4)c3c2)nc2c(O)cccc12. The van der Waals surface area contributed by atoms with Crippen LogP contribution in [-0.4, -0.2) is 19.6 Å². The van der Waals surface area contributed by atoms with Crippen LogP contribution in [0.15, 0.2) is 78.9 Å². The van der Waals surface area contributed by atoms with E-state index in [1.165, 1.54) is 12.1 Å². The number of hydrogen-bond donors (Lipinski definition) is 1. The van der Waals surface area contributed by atoms with Gasteiger partial charge in [-0.3, -0.25) is 4.57 Å². The number of nitrogens with zero attached hydrogens (tertiary/aromatic N) is 3. The van der Waals surface area contributed by atoms with Crippen molar-refractivity contribution in [3.63, 3.8) is 0 Å². The van der Waals surface area contributed by atoms with E-state index in [-0.39, 0.29) is 22.7 Å². The molecule has 0 amide bonds. The summed E-state index contributed by atoms with van der Waals surface area (Å²) in [6, 6.07) is 24.2. The second kappa shape index (κ2) is 8.13. The maximum Gasteiger partial charge on any atom is 0.220 e. The summed E-state index contributed by atoms with van der Waals surface area (Å²) in [7, 11) is 0. The Hall–Kier alpha value is -4.38. The van der Waals surface area contributed by atoms with Crippen molar-refractivity contribution in [2.24, 2.45) is 0 Å². The van der Waals surface area contributed by atoms with Crippen molar-refractivity contribution in [2.45, 2.75) is 27.1 Å². The average molecular weight is 463 g/mol. The lowest BCUT2D eigenvalue weighted by molar-refractivity contribution is 0.460. The first-order valence-corrected chi connectivity index (χ1v) is 11.5. The Bertz CT molecular complexity index is 1860. The van der Waals surface area contributed by atoms with E-state index in [4.69, 9.17) is 13.8 Å². The van der Waals surface area contributed by atoms with Crippen LogP contribution < -0.4 is 4.74 Å². The smallest absolute Gasteiger partial charge is 0.220 e. The molecule has 0 saturated heterocycles. The molecule has 3 aromatic carbocycles. The van der Waals surface area contributed by atoms with Crippen molar-refractivity contribution in [3.05, 3.63) is 95.7 Å². The molecule has 0 fully saturated rings. The van der Waals surface area contributed by atoms with Crippen LogP contribution in [0.2, 0.25) is 0 Å². The normalized spacial score (nSPS) is 13.1. The quantitative estimate of drug-likeness (QED) is 0.296. The van der Waals surface area contributed by atoms with E-state index in [2.05, 4.69) is 47.7 Å². The van der Waals surface area contributed by atoms with E-state index in [0.29, 0.717) is 11.1 Å². The van der Waals surface area contributed by atoms with Crippen molar-refractivity contribution >= 4 is 32.7 Å². The van der Waals surface area contributed by atoms with E-state index >= 15 is 0 Å². The minimum atomic E-state index is -2.41. The fourth-order valence-electron chi connectivity index (χ4n) is 4.66. The van der Waals surface area contributed by atoms with Crippen LogP contribution in [0.4, 0.5) is 0 Å². The molecule has 0 bridgehead atoms. The van der Waals surface area contributed by atoms with Gasteiger partial charge in [-0.2, -0.15) is 0 Å². The summed E-state index contributed by atoms with van der Waals surface area (Å²) in [5.74, 6) is 1.30. The number of benzene rings is 3. The average Bonchev–Trinajstić information content (AvgIpc) is 3.21. The lowest BCUT2D eigenvalue weighted by Gasteiger charge is -2.11. The maximum absolute atomic E-state index is 10.4. The van der Waals surface area contributed by atoms with Crippen molar-refractivity contribution in [2.75, 3.05) is 0 Å². The molecular formula is C30H25N3O2. The molecular weight excluding hydrogens is 434 g/mol. The number of para-hydroxylation sites is 2. The summed E-state index contributed by atoms with van der Waals surface area (Å²) in [4.78, 5) is 9.35. The highest BCUT2D eigenvalue weighted by Crippen LogP contribution is 2.36. The molecule has 0 unspecified atom stereocenters. The number of fused-ring (bicyclic) bond motifs is 4. The van der Waals surface area contributed by atoms with Gasteiger partial charge in [-0.05, 0) is 67.7 Å². The van der Waals surface area contributed by atoms with Gasteiger partial charge in [0.15, 0.2) is 0 Å². The van der Waals surface area contributed by atoms with Gasteiger partial charge in [-0.15, -0.1) is 0 Å². The van der Waals surface area contributed by atoms with E-state index in [9.17, 15) is 5.11 Å². The maximum atomic E-state index is 10.4. The highest BCUT2D eigenvalue weighted by atomic mass is 16.5. The van der Waals surface area contributed by atoms with Gasteiger partial charge in [0.2, 0.25) is 5.88 Å². The van der Waals surface area contributed by atoms with Gasteiger partial charge in [0.1, 0.15) is 22.8 Å².